The Kier molecular flexibility index (Phi) is 5.94. The van der Waals surface area contributed by atoms with Crippen LogP contribution in [0.15, 0.2) is 27.6 Å². The standard InChI is InChI=1S/C13H16Br2ClNO2S/c14-7-8-17(10-3-1-2-4-10)20(18,19)11-5-6-13(16)12(15)9-11/h5-6,9-10H,1-4,7-8H2. The Hall–Kier alpha value is 0.380. The second kappa shape index (κ2) is 7.09. The number of alkyl halides is 1. The monoisotopic (exact) mass is 443 g/mol. The maximum Gasteiger partial charge on any atom is 0.243 e. The van der Waals surface area contributed by atoms with Crippen LogP contribution in [0.25, 0.3) is 0 Å². The Balaban J connectivity index is 2.36. The second-order valence-electron chi connectivity index (χ2n) is 4.82. The van der Waals surface area contributed by atoms with E-state index in [4.69, 9.17) is 11.6 Å². The maximum atomic E-state index is 12.8. The highest BCUT2D eigenvalue weighted by atomic mass is 79.9. The van der Waals surface area contributed by atoms with Crippen molar-refractivity contribution in [1.29, 1.82) is 0 Å². The van der Waals surface area contributed by atoms with E-state index in [1.54, 1.807) is 22.5 Å². The van der Waals surface area contributed by atoms with Crippen LogP contribution in [0.5, 0.6) is 0 Å². The lowest BCUT2D eigenvalue weighted by molar-refractivity contribution is 0.338. The Morgan fingerprint density at radius 2 is 1.95 bits per heavy atom. The molecule has 0 bridgehead atoms. The van der Waals surface area contributed by atoms with Crippen molar-refractivity contribution in [2.75, 3.05) is 11.9 Å². The van der Waals surface area contributed by atoms with Crippen molar-refractivity contribution >= 4 is 53.5 Å². The van der Waals surface area contributed by atoms with E-state index in [0.29, 0.717) is 26.3 Å². The second-order valence-corrected chi connectivity index (χ2v) is 8.76. The molecular weight excluding hydrogens is 429 g/mol. The molecule has 2 rings (SSSR count). The minimum atomic E-state index is -3.47. The van der Waals surface area contributed by atoms with Crippen LogP contribution in [0.1, 0.15) is 25.7 Å². The van der Waals surface area contributed by atoms with Crippen LogP contribution in [0.3, 0.4) is 0 Å². The SMILES string of the molecule is O=S(=O)(c1ccc(Cl)c(Br)c1)N(CCBr)C1CCCC1. The van der Waals surface area contributed by atoms with E-state index in [9.17, 15) is 8.42 Å². The number of rotatable bonds is 5. The lowest BCUT2D eigenvalue weighted by Gasteiger charge is -2.27. The zero-order valence-electron chi connectivity index (χ0n) is 10.9. The molecular formula is C13H16Br2ClNO2S. The van der Waals surface area contributed by atoms with E-state index in [0.717, 1.165) is 25.7 Å². The van der Waals surface area contributed by atoms with Gasteiger partial charge in [-0.3, -0.25) is 0 Å². The summed E-state index contributed by atoms with van der Waals surface area (Å²) in [6.07, 6.45) is 4.09. The molecule has 0 aliphatic heterocycles. The number of hydrogen-bond acceptors (Lipinski definition) is 2. The third kappa shape index (κ3) is 3.58. The Labute approximate surface area is 142 Å². The highest BCUT2D eigenvalue weighted by Crippen LogP contribution is 2.31. The Morgan fingerprint density at radius 3 is 2.50 bits per heavy atom. The first kappa shape index (κ1) is 16.7. The third-order valence-corrected chi connectivity index (χ3v) is 7.05. The first-order valence-corrected chi connectivity index (χ1v) is 10.2. The van der Waals surface area contributed by atoms with Crippen molar-refractivity contribution in [2.45, 2.75) is 36.6 Å². The van der Waals surface area contributed by atoms with Crippen molar-refractivity contribution in [3.05, 3.63) is 27.7 Å². The molecule has 0 saturated heterocycles. The van der Waals surface area contributed by atoms with Gasteiger partial charge in [0.05, 0.1) is 9.92 Å². The topological polar surface area (TPSA) is 37.4 Å². The maximum absolute atomic E-state index is 12.8. The molecule has 3 nitrogen and oxygen atoms in total. The first-order valence-electron chi connectivity index (χ1n) is 6.49. The van der Waals surface area contributed by atoms with Crippen molar-refractivity contribution in [3.8, 4) is 0 Å². The van der Waals surface area contributed by atoms with E-state index in [-0.39, 0.29) is 6.04 Å². The molecule has 1 aromatic rings. The van der Waals surface area contributed by atoms with Crippen molar-refractivity contribution in [1.82, 2.24) is 4.31 Å². The summed E-state index contributed by atoms with van der Waals surface area (Å²) in [7, 11) is -3.47. The van der Waals surface area contributed by atoms with Crippen LogP contribution in [-0.2, 0) is 10.0 Å². The molecule has 0 unspecified atom stereocenters. The fraction of sp³-hybridized carbons (Fsp3) is 0.538. The molecule has 0 heterocycles. The zero-order valence-corrected chi connectivity index (χ0v) is 15.6. The van der Waals surface area contributed by atoms with Crippen LogP contribution in [-0.4, -0.2) is 30.6 Å². The van der Waals surface area contributed by atoms with Crippen LogP contribution < -0.4 is 0 Å². The molecule has 112 valence electrons. The molecule has 0 amide bonds. The number of benzene rings is 1. The summed E-state index contributed by atoms with van der Waals surface area (Å²) in [5, 5.41) is 1.15. The fourth-order valence-electron chi connectivity index (χ4n) is 2.55. The summed E-state index contributed by atoms with van der Waals surface area (Å²) in [5.74, 6) is 0. The molecule has 1 aliphatic carbocycles. The lowest BCUT2D eigenvalue weighted by Crippen LogP contribution is -2.40. The largest absolute Gasteiger partial charge is 0.243 e. The summed E-state index contributed by atoms with van der Waals surface area (Å²) in [5.41, 5.74) is 0. The number of halogens is 3. The predicted molar refractivity (Wildman–Crippen MR) is 89.1 cm³/mol. The summed E-state index contributed by atoms with van der Waals surface area (Å²) in [4.78, 5) is 0.293. The van der Waals surface area contributed by atoms with Gasteiger partial charge in [0.15, 0.2) is 0 Å². The highest BCUT2D eigenvalue weighted by Gasteiger charge is 2.32. The number of hydrogen-bond donors (Lipinski definition) is 0. The van der Waals surface area contributed by atoms with Gasteiger partial charge in [-0.2, -0.15) is 4.31 Å². The molecule has 20 heavy (non-hydrogen) atoms. The molecule has 1 fully saturated rings. The number of nitrogens with zero attached hydrogens (tertiary/aromatic N) is 1. The minimum Gasteiger partial charge on any atom is -0.207 e. The molecule has 1 aromatic carbocycles. The van der Waals surface area contributed by atoms with Crippen molar-refractivity contribution in [3.63, 3.8) is 0 Å². The molecule has 0 spiro atoms. The molecule has 0 radical (unpaired) electrons. The Morgan fingerprint density at radius 1 is 1.30 bits per heavy atom. The van der Waals surface area contributed by atoms with Crippen LogP contribution in [0.4, 0.5) is 0 Å². The quantitative estimate of drug-likeness (QED) is 0.629. The average Bonchev–Trinajstić information content (AvgIpc) is 2.92. The van der Waals surface area contributed by atoms with E-state index in [1.807, 2.05) is 0 Å². The van der Waals surface area contributed by atoms with Gasteiger partial charge in [-0.15, -0.1) is 0 Å². The summed E-state index contributed by atoms with van der Waals surface area (Å²) in [6.45, 7) is 0.493. The van der Waals surface area contributed by atoms with Gasteiger partial charge in [0, 0.05) is 22.4 Å². The minimum absolute atomic E-state index is 0.118. The van der Waals surface area contributed by atoms with Gasteiger partial charge in [0.25, 0.3) is 0 Å². The summed E-state index contributed by atoms with van der Waals surface area (Å²) in [6, 6.07) is 4.87. The van der Waals surface area contributed by atoms with Gasteiger partial charge < -0.3 is 0 Å². The van der Waals surface area contributed by atoms with Crippen molar-refractivity contribution < 1.29 is 8.42 Å². The Bertz CT molecular complexity index is 574. The fourth-order valence-corrected chi connectivity index (χ4v) is 5.52. The smallest absolute Gasteiger partial charge is 0.207 e. The average molecular weight is 446 g/mol. The zero-order chi connectivity index (χ0) is 14.8. The molecule has 0 atom stereocenters. The van der Waals surface area contributed by atoms with Crippen LogP contribution in [0.2, 0.25) is 5.02 Å². The normalized spacial score (nSPS) is 17.0. The third-order valence-electron chi connectivity index (χ3n) is 3.53. The molecule has 1 aliphatic rings. The molecule has 1 saturated carbocycles. The lowest BCUT2D eigenvalue weighted by atomic mass is 10.2. The van der Waals surface area contributed by atoms with Crippen LogP contribution in [0, 0.1) is 0 Å². The molecule has 0 aromatic heterocycles. The van der Waals surface area contributed by atoms with Gasteiger partial charge in [-0.1, -0.05) is 40.4 Å². The van der Waals surface area contributed by atoms with Gasteiger partial charge >= 0.3 is 0 Å². The predicted octanol–water partition coefficient (Wildman–Crippen LogP) is 4.43. The van der Waals surface area contributed by atoms with Crippen LogP contribution >= 0.6 is 43.5 Å². The van der Waals surface area contributed by atoms with E-state index >= 15 is 0 Å². The highest BCUT2D eigenvalue weighted by molar-refractivity contribution is 9.10. The van der Waals surface area contributed by atoms with E-state index in [1.165, 1.54) is 0 Å². The van der Waals surface area contributed by atoms with Gasteiger partial charge in [-0.25, -0.2) is 8.42 Å². The summed E-state index contributed by atoms with van der Waals surface area (Å²) >= 11 is 12.6. The molecule has 7 heteroatoms. The summed E-state index contributed by atoms with van der Waals surface area (Å²) < 4.78 is 27.9. The van der Waals surface area contributed by atoms with Crippen molar-refractivity contribution in [2.24, 2.45) is 0 Å². The molecule has 0 N–H and O–H groups in total. The van der Waals surface area contributed by atoms with E-state index in [2.05, 4.69) is 31.9 Å². The van der Waals surface area contributed by atoms with E-state index < -0.39 is 10.0 Å². The first-order chi connectivity index (χ1) is 9.46. The van der Waals surface area contributed by atoms with Gasteiger partial charge in [0.2, 0.25) is 10.0 Å². The van der Waals surface area contributed by atoms with Gasteiger partial charge in [-0.05, 0) is 47.0 Å². The number of sulfonamides is 1. The van der Waals surface area contributed by atoms with Gasteiger partial charge in [0.1, 0.15) is 0 Å².